The largest absolute Gasteiger partial charge is 0.342 e. The molecule has 0 aliphatic carbocycles. The van der Waals surface area contributed by atoms with Crippen LogP contribution in [0.25, 0.3) is 10.9 Å². The molecule has 3 nitrogen and oxygen atoms in total. The van der Waals surface area contributed by atoms with Crippen molar-refractivity contribution in [2.45, 2.75) is 26.4 Å². The molecule has 0 saturated heterocycles. The van der Waals surface area contributed by atoms with Crippen LogP contribution in [-0.4, -0.2) is 29.1 Å². The summed E-state index contributed by atoms with van der Waals surface area (Å²) in [5.74, 6) is 0. The Morgan fingerprint density at radius 2 is 2.16 bits per heavy atom. The standard InChI is InChI=1S/C15H20ClN3/c1-11-14(16)4-3-12-9-13-10-18(6-2-5-17)7-8-19(13)15(11)12/h3-4,9H,2,5-8,10,17H2,1H3. The molecule has 0 atom stereocenters. The van der Waals surface area contributed by atoms with E-state index in [1.165, 1.54) is 22.2 Å². The van der Waals surface area contributed by atoms with Gasteiger partial charge in [0.2, 0.25) is 0 Å². The van der Waals surface area contributed by atoms with Crippen molar-refractivity contribution in [1.29, 1.82) is 0 Å². The number of rotatable bonds is 3. The molecule has 1 aromatic carbocycles. The van der Waals surface area contributed by atoms with E-state index in [2.05, 4.69) is 28.5 Å². The molecule has 0 unspecified atom stereocenters. The van der Waals surface area contributed by atoms with Gasteiger partial charge in [0.15, 0.2) is 0 Å². The first-order valence-electron chi connectivity index (χ1n) is 6.90. The average Bonchev–Trinajstić information content (AvgIpc) is 2.79. The topological polar surface area (TPSA) is 34.2 Å². The smallest absolute Gasteiger partial charge is 0.0528 e. The van der Waals surface area contributed by atoms with E-state index in [1.54, 1.807) is 0 Å². The highest BCUT2D eigenvalue weighted by molar-refractivity contribution is 6.32. The van der Waals surface area contributed by atoms with Crippen LogP contribution in [-0.2, 0) is 13.1 Å². The summed E-state index contributed by atoms with van der Waals surface area (Å²) in [5, 5.41) is 2.16. The minimum Gasteiger partial charge on any atom is -0.342 e. The van der Waals surface area contributed by atoms with Crippen molar-refractivity contribution in [1.82, 2.24) is 9.47 Å². The molecule has 1 aromatic heterocycles. The zero-order valence-corrected chi connectivity index (χ0v) is 12.1. The van der Waals surface area contributed by atoms with Gasteiger partial charge < -0.3 is 10.3 Å². The van der Waals surface area contributed by atoms with Crippen molar-refractivity contribution in [3.05, 3.63) is 34.5 Å². The van der Waals surface area contributed by atoms with E-state index in [9.17, 15) is 0 Å². The first-order valence-corrected chi connectivity index (χ1v) is 7.28. The van der Waals surface area contributed by atoms with Crippen LogP contribution in [0.1, 0.15) is 17.7 Å². The Kier molecular flexibility index (Phi) is 3.52. The van der Waals surface area contributed by atoms with Crippen LogP contribution in [0.15, 0.2) is 18.2 Å². The molecule has 3 rings (SSSR count). The van der Waals surface area contributed by atoms with Gasteiger partial charge in [-0.3, -0.25) is 4.90 Å². The summed E-state index contributed by atoms with van der Waals surface area (Å²) in [6, 6.07) is 6.42. The molecule has 0 radical (unpaired) electrons. The summed E-state index contributed by atoms with van der Waals surface area (Å²) in [5.41, 5.74) is 9.49. The lowest BCUT2D eigenvalue weighted by Crippen LogP contribution is -2.34. The predicted molar refractivity (Wildman–Crippen MR) is 80.6 cm³/mol. The molecule has 0 spiro atoms. The summed E-state index contributed by atoms with van der Waals surface area (Å²) in [6.07, 6.45) is 1.07. The van der Waals surface area contributed by atoms with Gasteiger partial charge in [-0.2, -0.15) is 0 Å². The third-order valence-corrected chi connectivity index (χ3v) is 4.45. The Labute approximate surface area is 118 Å². The molecule has 0 amide bonds. The number of halogens is 1. The number of benzene rings is 1. The maximum atomic E-state index is 6.25. The average molecular weight is 278 g/mol. The van der Waals surface area contributed by atoms with Crippen molar-refractivity contribution in [3.8, 4) is 0 Å². The van der Waals surface area contributed by atoms with E-state index in [-0.39, 0.29) is 0 Å². The van der Waals surface area contributed by atoms with Gasteiger partial charge in [0.05, 0.1) is 5.52 Å². The van der Waals surface area contributed by atoms with E-state index in [0.29, 0.717) is 0 Å². The molecule has 0 fully saturated rings. The lowest BCUT2D eigenvalue weighted by molar-refractivity contribution is 0.222. The quantitative estimate of drug-likeness (QED) is 0.936. The lowest BCUT2D eigenvalue weighted by Gasteiger charge is -2.29. The van der Waals surface area contributed by atoms with Crippen molar-refractivity contribution in [2.24, 2.45) is 5.73 Å². The number of aryl methyl sites for hydroxylation is 1. The SMILES string of the molecule is Cc1c(Cl)ccc2cc3n(c12)CCN(CCCN)C3. The summed E-state index contributed by atoms with van der Waals surface area (Å²) in [6.45, 7) is 7.14. The number of aromatic nitrogens is 1. The van der Waals surface area contributed by atoms with Gasteiger partial charge in [-0.15, -0.1) is 0 Å². The zero-order valence-electron chi connectivity index (χ0n) is 11.3. The van der Waals surface area contributed by atoms with Gasteiger partial charge in [-0.1, -0.05) is 17.7 Å². The fraction of sp³-hybridized carbons (Fsp3) is 0.467. The Bertz CT molecular complexity index is 603. The summed E-state index contributed by atoms with van der Waals surface area (Å²) in [4.78, 5) is 2.48. The van der Waals surface area contributed by atoms with Crippen molar-refractivity contribution < 1.29 is 0 Å². The lowest BCUT2D eigenvalue weighted by atomic mass is 10.1. The number of nitrogens with zero attached hydrogens (tertiary/aromatic N) is 2. The van der Waals surface area contributed by atoms with Crippen LogP contribution in [0.2, 0.25) is 5.02 Å². The highest BCUT2D eigenvalue weighted by atomic mass is 35.5. The second kappa shape index (κ2) is 5.16. The van der Waals surface area contributed by atoms with Gasteiger partial charge in [-0.05, 0) is 44.1 Å². The fourth-order valence-corrected chi connectivity index (χ4v) is 3.17. The first kappa shape index (κ1) is 13.0. The third-order valence-electron chi connectivity index (χ3n) is 4.04. The monoisotopic (exact) mass is 277 g/mol. The van der Waals surface area contributed by atoms with Gasteiger partial charge in [0.1, 0.15) is 0 Å². The van der Waals surface area contributed by atoms with Crippen LogP contribution in [0.5, 0.6) is 0 Å². The van der Waals surface area contributed by atoms with Crippen LogP contribution in [0, 0.1) is 6.92 Å². The Morgan fingerprint density at radius 3 is 2.95 bits per heavy atom. The fourth-order valence-electron chi connectivity index (χ4n) is 3.01. The van der Waals surface area contributed by atoms with E-state index in [4.69, 9.17) is 17.3 Å². The van der Waals surface area contributed by atoms with Gasteiger partial charge in [0, 0.05) is 35.7 Å². The van der Waals surface area contributed by atoms with Crippen LogP contribution in [0.4, 0.5) is 0 Å². The van der Waals surface area contributed by atoms with Gasteiger partial charge in [0.25, 0.3) is 0 Å². The summed E-state index contributed by atoms with van der Waals surface area (Å²) >= 11 is 6.25. The number of fused-ring (bicyclic) bond motifs is 3. The number of nitrogens with two attached hydrogens (primary N) is 1. The second-order valence-electron chi connectivity index (χ2n) is 5.32. The van der Waals surface area contributed by atoms with Crippen LogP contribution >= 0.6 is 11.6 Å². The van der Waals surface area contributed by atoms with E-state index in [1.807, 2.05) is 6.07 Å². The third kappa shape index (κ3) is 2.27. The highest BCUT2D eigenvalue weighted by Crippen LogP contribution is 2.30. The Balaban J connectivity index is 1.97. The zero-order chi connectivity index (χ0) is 13.4. The molecule has 2 aromatic rings. The van der Waals surface area contributed by atoms with E-state index < -0.39 is 0 Å². The van der Waals surface area contributed by atoms with Crippen molar-refractivity contribution in [3.63, 3.8) is 0 Å². The molecule has 2 N–H and O–H groups in total. The maximum Gasteiger partial charge on any atom is 0.0528 e. The Morgan fingerprint density at radius 1 is 1.32 bits per heavy atom. The normalized spacial score (nSPS) is 15.9. The number of hydrogen-bond donors (Lipinski definition) is 1. The molecule has 1 aliphatic rings. The Hall–Kier alpha value is -1.03. The molecule has 0 saturated carbocycles. The molecule has 2 heterocycles. The first-order chi connectivity index (χ1) is 9.20. The predicted octanol–water partition coefficient (Wildman–Crippen LogP) is 2.77. The molecular weight excluding hydrogens is 258 g/mol. The molecule has 0 bridgehead atoms. The maximum absolute atomic E-state index is 6.25. The van der Waals surface area contributed by atoms with E-state index >= 15 is 0 Å². The molecular formula is C15H20ClN3. The second-order valence-corrected chi connectivity index (χ2v) is 5.72. The minimum atomic E-state index is 0.772. The minimum absolute atomic E-state index is 0.772. The van der Waals surface area contributed by atoms with Crippen LogP contribution in [0.3, 0.4) is 0 Å². The molecule has 102 valence electrons. The van der Waals surface area contributed by atoms with Crippen molar-refractivity contribution in [2.75, 3.05) is 19.6 Å². The summed E-state index contributed by atoms with van der Waals surface area (Å²) < 4.78 is 2.43. The van der Waals surface area contributed by atoms with Crippen LogP contribution < -0.4 is 5.73 Å². The molecule has 1 aliphatic heterocycles. The highest BCUT2D eigenvalue weighted by Gasteiger charge is 2.19. The van der Waals surface area contributed by atoms with Gasteiger partial charge >= 0.3 is 0 Å². The molecule has 19 heavy (non-hydrogen) atoms. The number of hydrogen-bond acceptors (Lipinski definition) is 2. The van der Waals surface area contributed by atoms with Crippen molar-refractivity contribution >= 4 is 22.5 Å². The van der Waals surface area contributed by atoms with E-state index in [0.717, 1.165) is 44.2 Å². The van der Waals surface area contributed by atoms with Gasteiger partial charge in [-0.25, -0.2) is 0 Å². The molecule has 4 heteroatoms. The summed E-state index contributed by atoms with van der Waals surface area (Å²) in [7, 11) is 0.